The summed E-state index contributed by atoms with van der Waals surface area (Å²) in [5, 5.41) is 17.3. The van der Waals surface area contributed by atoms with Crippen molar-refractivity contribution in [2.45, 2.75) is 4.90 Å². The van der Waals surface area contributed by atoms with Gasteiger partial charge >= 0.3 is 11.9 Å². The van der Waals surface area contributed by atoms with Crippen molar-refractivity contribution in [1.29, 1.82) is 0 Å². The van der Waals surface area contributed by atoms with Crippen molar-refractivity contribution in [3.05, 3.63) is 29.1 Å². The molecule has 0 aliphatic carbocycles. The monoisotopic (exact) mass is 230 g/mol. The normalized spacial score (nSPS) is 10.0. The third-order valence-electron chi connectivity index (χ3n) is 1.75. The second-order valence-corrected chi connectivity index (χ2v) is 3.49. The number of hydrogen-bond donors (Lipinski definition) is 2. The van der Waals surface area contributed by atoms with E-state index in [4.69, 9.17) is 10.2 Å². The van der Waals surface area contributed by atoms with Gasteiger partial charge in [-0.3, -0.25) is 0 Å². The number of rotatable bonds is 3. The third-order valence-corrected chi connectivity index (χ3v) is 2.53. The molecule has 2 N–H and O–H groups in total. The Morgan fingerprint density at radius 3 is 2.13 bits per heavy atom. The van der Waals surface area contributed by atoms with Crippen LogP contribution in [0.4, 0.5) is 4.39 Å². The molecule has 0 bridgehead atoms. The highest BCUT2D eigenvalue weighted by molar-refractivity contribution is 7.98. The van der Waals surface area contributed by atoms with E-state index in [2.05, 4.69) is 0 Å². The summed E-state index contributed by atoms with van der Waals surface area (Å²) in [6, 6.07) is 1.74. The van der Waals surface area contributed by atoms with Crippen LogP contribution in [-0.2, 0) is 0 Å². The Hall–Kier alpha value is -1.56. The summed E-state index contributed by atoms with van der Waals surface area (Å²) in [5.41, 5.74) is -0.755. The predicted molar refractivity (Wildman–Crippen MR) is 52.1 cm³/mol. The van der Waals surface area contributed by atoms with Crippen LogP contribution < -0.4 is 0 Å². The predicted octanol–water partition coefficient (Wildman–Crippen LogP) is 1.94. The zero-order chi connectivity index (χ0) is 11.6. The number of benzene rings is 1. The lowest BCUT2D eigenvalue weighted by molar-refractivity contribution is 0.0673. The lowest BCUT2D eigenvalue weighted by atomic mass is 10.1. The average Bonchev–Trinajstić information content (AvgIpc) is 2.16. The zero-order valence-electron chi connectivity index (χ0n) is 7.65. The highest BCUT2D eigenvalue weighted by Gasteiger charge is 2.17. The molecule has 0 fully saturated rings. The van der Waals surface area contributed by atoms with Crippen LogP contribution >= 0.6 is 11.8 Å². The highest BCUT2D eigenvalue weighted by Crippen LogP contribution is 2.24. The smallest absolute Gasteiger partial charge is 0.338 e. The Kier molecular flexibility index (Phi) is 3.31. The van der Waals surface area contributed by atoms with E-state index in [0.717, 1.165) is 23.9 Å². The van der Waals surface area contributed by atoms with Gasteiger partial charge in [0, 0.05) is 4.90 Å². The number of thioether (sulfide) groups is 1. The quantitative estimate of drug-likeness (QED) is 0.776. The number of hydrogen-bond acceptors (Lipinski definition) is 3. The van der Waals surface area contributed by atoms with Gasteiger partial charge < -0.3 is 10.2 Å². The van der Waals surface area contributed by atoms with Gasteiger partial charge in [-0.05, 0) is 18.4 Å². The lowest BCUT2D eigenvalue weighted by Crippen LogP contribution is -2.06. The molecule has 0 heterocycles. The standard InChI is InChI=1S/C9H7FO4S/c1-15-7-3-4(8(11)12)6(10)2-5(7)9(13)14/h2-3H,1H3,(H,11,12)(H,13,14). The summed E-state index contributed by atoms with van der Waals surface area (Å²) < 4.78 is 13.1. The highest BCUT2D eigenvalue weighted by atomic mass is 32.2. The van der Waals surface area contributed by atoms with Gasteiger partial charge in [0.05, 0.1) is 11.1 Å². The molecule has 0 atom stereocenters. The van der Waals surface area contributed by atoms with Crippen LogP contribution in [0.2, 0.25) is 0 Å². The second-order valence-electron chi connectivity index (χ2n) is 2.64. The average molecular weight is 230 g/mol. The maximum absolute atomic E-state index is 13.1. The first-order valence-electron chi connectivity index (χ1n) is 3.81. The summed E-state index contributed by atoms with van der Waals surface area (Å²) in [6.45, 7) is 0. The number of halogens is 1. The van der Waals surface area contributed by atoms with Gasteiger partial charge in [-0.2, -0.15) is 0 Å². The summed E-state index contributed by atoms with van der Waals surface area (Å²) in [4.78, 5) is 21.5. The Labute approximate surface area is 88.7 Å². The summed E-state index contributed by atoms with van der Waals surface area (Å²) in [7, 11) is 0. The van der Waals surface area contributed by atoms with Crippen molar-refractivity contribution < 1.29 is 24.2 Å². The van der Waals surface area contributed by atoms with Crippen LogP contribution in [0, 0.1) is 5.82 Å². The molecule has 6 heteroatoms. The van der Waals surface area contributed by atoms with Gasteiger partial charge in [0.1, 0.15) is 5.82 Å². The van der Waals surface area contributed by atoms with Gasteiger partial charge in [-0.15, -0.1) is 11.8 Å². The minimum Gasteiger partial charge on any atom is -0.478 e. The van der Waals surface area contributed by atoms with E-state index in [1.165, 1.54) is 0 Å². The van der Waals surface area contributed by atoms with Crippen molar-refractivity contribution in [1.82, 2.24) is 0 Å². The Balaban J connectivity index is 3.42. The fourth-order valence-electron chi connectivity index (χ4n) is 1.05. The molecule has 0 saturated heterocycles. The van der Waals surface area contributed by atoms with Crippen molar-refractivity contribution in [3.63, 3.8) is 0 Å². The van der Waals surface area contributed by atoms with Gasteiger partial charge in [-0.1, -0.05) is 0 Å². The summed E-state index contributed by atoms with van der Waals surface area (Å²) in [6.07, 6.45) is 1.59. The molecule has 4 nitrogen and oxygen atoms in total. The van der Waals surface area contributed by atoms with E-state index in [9.17, 15) is 14.0 Å². The maximum Gasteiger partial charge on any atom is 0.338 e. The van der Waals surface area contributed by atoms with Crippen LogP contribution in [0.15, 0.2) is 17.0 Å². The Morgan fingerprint density at radius 2 is 1.73 bits per heavy atom. The zero-order valence-corrected chi connectivity index (χ0v) is 8.47. The molecule has 0 saturated carbocycles. The first kappa shape index (κ1) is 11.5. The van der Waals surface area contributed by atoms with Gasteiger partial charge in [-0.25, -0.2) is 14.0 Å². The van der Waals surface area contributed by atoms with E-state index in [1.54, 1.807) is 6.26 Å². The fraction of sp³-hybridized carbons (Fsp3) is 0.111. The number of aromatic carboxylic acids is 2. The SMILES string of the molecule is CSc1cc(C(=O)O)c(F)cc1C(=O)O. The molecular weight excluding hydrogens is 223 g/mol. The van der Waals surface area contributed by atoms with E-state index in [-0.39, 0.29) is 10.5 Å². The molecule has 1 rings (SSSR count). The number of carboxylic acids is 2. The molecule has 1 aromatic rings. The van der Waals surface area contributed by atoms with E-state index < -0.39 is 23.3 Å². The first-order valence-corrected chi connectivity index (χ1v) is 5.04. The number of carbonyl (C=O) groups is 2. The van der Waals surface area contributed by atoms with E-state index >= 15 is 0 Å². The van der Waals surface area contributed by atoms with Crippen LogP contribution in [0.1, 0.15) is 20.7 Å². The molecule has 1 aromatic carbocycles. The minimum atomic E-state index is -1.42. The minimum absolute atomic E-state index is 0.223. The molecule has 0 spiro atoms. The van der Waals surface area contributed by atoms with Gasteiger partial charge in [0.2, 0.25) is 0 Å². The van der Waals surface area contributed by atoms with Crippen molar-refractivity contribution >= 4 is 23.7 Å². The van der Waals surface area contributed by atoms with Crippen molar-refractivity contribution in [2.75, 3.05) is 6.26 Å². The van der Waals surface area contributed by atoms with Crippen molar-refractivity contribution in [2.24, 2.45) is 0 Å². The molecule has 0 radical (unpaired) electrons. The Bertz CT molecular complexity index is 430. The molecule has 15 heavy (non-hydrogen) atoms. The molecule has 0 unspecified atom stereocenters. The topological polar surface area (TPSA) is 74.6 Å². The van der Waals surface area contributed by atoms with E-state index in [0.29, 0.717) is 0 Å². The van der Waals surface area contributed by atoms with Crippen molar-refractivity contribution in [3.8, 4) is 0 Å². The van der Waals surface area contributed by atoms with Gasteiger partial charge in [0.25, 0.3) is 0 Å². The van der Waals surface area contributed by atoms with Crippen LogP contribution in [-0.4, -0.2) is 28.4 Å². The molecular formula is C9H7FO4S. The maximum atomic E-state index is 13.1. The van der Waals surface area contributed by atoms with Crippen LogP contribution in [0.5, 0.6) is 0 Å². The lowest BCUT2D eigenvalue weighted by Gasteiger charge is -2.05. The van der Waals surface area contributed by atoms with Crippen LogP contribution in [0.3, 0.4) is 0 Å². The molecule has 80 valence electrons. The van der Waals surface area contributed by atoms with Crippen LogP contribution in [0.25, 0.3) is 0 Å². The summed E-state index contributed by atoms with van der Waals surface area (Å²) >= 11 is 1.05. The molecule has 0 aromatic heterocycles. The summed E-state index contributed by atoms with van der Waals surface area (Å²) in [5.74, 6) is -3.74. The number of carboxylic acid groups (broad SMARTS) is 2. The molecule has 0 amide bonds. The van der Waals surface area contributed by atoms with Gasteiger partial charge in [0.15, 0.2) is 0 Å². The molecule has 0 aliphatic rings. The molecule has 0 aliphatic heterocycles. The third kappa shape index (κ3) is 2.27. The largest absolute Gasteiger partial charge is 0.478 e. The van der Waals surface area contributed by atoms with E-state index in [1.807, 2.05) is 0 Å². The Morgan fingerprint density at radius 1 is 1.20 bits per heavy atom. The fourth-order valence-corrected chi connectivity index (χ4v) is 1.66. The first-order chi connectivity index (χ1) is 6.97. The second kappa shape index (κ2) is 4.31.